The molecular weight excluding hydrogens is 536 g/mol. The van der Waals surface area contributed by atoms with Crippen molar-refractivity contribution in [1.29, 1.82) is 0 Å². The highest BCUT2D eigenvalue weighted by Crippen LogP contribution is 2.33. The average Bonchev–Trinajstić information content (AvgIpc) is 3.52. The maximum absolute atomic E-state index is 13.6. The molecule has 4 aromatic rings. The van der Waals surface area contributed by atoms with E-state index in [2.05, 4.69) is 31.2 Å². The molecule has 2 heterocycles. The van der Waals surface area contributed by atoms with Crippen LogP contribution in [0.5, 0.6) is 5.75 Å². The molecule has 2 atom stereocenters. The summed E-state index contributed by atoms with van der Waals surface area (Å²) < 4.78 is 6.37. The van der Waals surface area contributed by atoms with Crippen molar-refractivity contribution >= 4 is 27.9 Å². The van der Waals surface area contributed by atoms with E-state index in [1.165, 1.54) is 4.90 Å². The summed E-state index contributed by atoms with van der Waals surface area (Å²) in [4.78, 5) is 36.0. The SMILES string of the molecule is O=C1N[C@@H](c2ccc(OCCO)cc2)C(=O)N1[C@H](Cc1ccccc1)c1ncc(-c2ccc(Br)cc2)[nH]1. The van der Waals surface area contributed by atoms with E-state index in [4.69, 9.17) is 9.84 Å². The molecule has 188 valence electrons. The zero-order valence-electron chi connectivity index (χ0n) is 19.8. The van der Waals surface area contributed by atoms with Crippen LogP contribution >= 0.6 is 15.9 Å². The largest absolute Gasteiger partial charge is 0.491 e. The fourth-order valence-electron chi connectivity index (χ4n) is 4.36. The van der Waals surface area contributed by atoms with Gasteiger partial charge in [-0.1, -0.05) is 70.5 Å². The van der Waals surface area contributed by atoms with E-state index in [1.54, 1.807) is 30.5 Å². The molecule has 1 aromatic heterocycles. The third-order valence-corrected chi connectivity index (χ3v) is 6.72. The Labute approximate surface area is 222 Å². The predicted octanol–water partition coefficient (Wildman–Crippen LogP) is 4.79. The highest BCUT2D eigenvalue weighted by molar-refractivity contribution is 9.10. The lowest BCUT2D eigenvalue weighted by Crippen LogP contribution is -2.36. The van der Waals surface area contributed by atoms with E-state index in [-0.39, 0.29) is 19.1 Å². The fraction of sp³-hybridized carbons (Fsp3) is 0.179. The van der Waals surface area contributed by atoms with Crippen molar-refractivity contribution in [3.63, 3.8) is 0 Å². The monoisotopic (exact) mass is 560 g/mol. The van der Waals surface area contributed by atoms with Crippen LogP contribution < -0.4 is 10.1 Å². The van der Waals surface area contributed by atoms with Gasteiger partial charge in [-0.2, -0.15) is 0 Å². The number of H-pyrrole nitrogens is 1. The molecule has 1 fully saturated rings. The Hall–Kier alpha value is -3.95. The molecular formula is C28H25BrN4O4. The van der Waals surface area contributed by atoms with E-state index in [0.717, 1.165) is 21.3 Å². The highest BCUT2D eigenvalue weighted by Gasteiger charge is 2.44. The number of hydrogen-bond acceptors (Lipinski definition) is 5. The summed E-state index contributed by atoms with van der Waals surface area (Å²) in [6.07, 6.45) is 2.13. The van der Waals surface area contributed by atoms with Gasteiger partial charge >= 0.3 is 6.03 Å². The van der Waals surface area contributed by atoms with Gasteiger partial charge in [0.05, 0.1) is 18.5 Å². The first-order valence-corrected chi connectivity index (χ1v) is 12.6. The molecule has 8 nitrogen and oxygen atoms in total. The minimum Gasteiger partial charge on any atom is -0.491 e. The number of halogens is 1. The normalized spacial score (nSPS) is 16.1. The molecule has 0 bridgehead atoms. The van der Waals surface area contributed by atoms with Gasteiger partial charge in [-0.25, -0.2) is 9.78 Å². The Bertz CT molecular complexity index is 1370. The number of nitrogens with one attached hydrogen (secondary N) is 2. The molecule has 1 aliphatic rings. The van der Waals surface area contributed by atoms with Gasteiger partial charge in [0.15, 0.2) is 0 Å². The van der Waals surface area contributed by atoms with Gasteiger partial charge in [-0.05, 0) is 41.0 Å². The summed E-state index contributed by atoms with van der Waals surface area (Å²) in [5.41, 5.74) is 3.36. The second-order valence-corrected chi connectivity index (χ2v) is 9.54. The van der Waals surface area contributed by atoms with Crippen molar-refractivity contribution < 1.29 is 19.4 Å². The number of amides is 3. The topological polar surface area (TPSA) is 108 Å². The number of nitrogens with zero attached hydrogens (tertiary/aromatic N) is 2. The van der Waals surface area contributed by atoms with Crippen LogP contribution in [-0.2, 0) is 11.2 Å². The van der Waals surface area contributed by atoms with E-state index < -0.39 is 18.1 Å². The number of imidazole rings is 1. The third kappa shape index (κ3) is 5.42. The minimum atomic E-state index is -0.821. The smallest absolute Gasteiger partial charge is 0.325 e. The number of urea groups is 1. The van der Waals surface area contributed by atoms with Gasteiger partial charge < -0.3 is 20.1 Å². The van der Waals surface area contributed by atoms with E-state index in [9.17, 15) is 9.59 Å². The number of imide groups is 1. The zero-order chi connectivity index (χ0) is 25.8. The molecule has 1 saturated heterocycles. The van der Waals surface area contributed by atoms with Crippen LogP contribution in [0.1, 0.15) is 29.0 Å². The summed E-state index contributed by atoms with van der Waals surface area (Å²) in [5.74, 6) is 0.750. The lowest BCUT2D eigenvalue weighted by atomic mass is 10.0. The number of aliphatic hydroxyl groups is 1. The van der Waals surface area contributed by atoms with E-state index >= 15 is 0 Å². The second kappa shape index (κ2) is 11.0. The molecule has 1 aliphatic heterocycles. The van der Waals surface area contributed by atoms with Crippen LogP contribution in [0.25, 0.3) is 11.3 Å². The summed E-state index contributed by atoms with van der Waals surface area (Å²) in [6.45, 7) is 0.0891. The lowest BCUT2D eigenvalue weighted by Gasteiger charge is -2.24. The Morgan fingerprint density at radius 3 is 2.43 bits per heavy atom. The first kappa shape index (κ1) is 24.7. The number of carbonyl (C=O) groups excluding carboxylic acids is 2. The zero-order valence-corrected chi connectivity index (χ0v) is 21.4. The van der Waals surface area contributed by atoms with E-state index in [0.29, 0.717) is 23.6 Å². The number of aromatic nitrogens is 2. The number of aliphatic hydroxyl groups excluding tert-OH is 1. The number of ether oxygens (including phenoxy) is 1. The number of benzene rings is 3. The molecule has 3 N–H and O–H groups in total. The Balaban J connectivity index is 1.44. The molecule has 0 radical (unpaired) electrons. The number of carbonyl (C=O) groups is 2. The van der Waals surface area contributed by atoms with Crippen molar-refractivity contribution in [2.75, 3.05) is 13.2 Å². The number of aromatic amines is 1. The number of hydrogen-bond donors (Lipinski definition) is 3. The fourth-order valence-corrected chi connectivity index (χ4v) is 4.63. The first-order chi connectivity index (χ1) is 18.0. The quantitative estimate of drug-likeness (QED) is 0.255. The molecule has 0 aliphatic carbocycles. The average molecular weight is 561 g/mol. The van der Waals surface area contributed by atoms with Crippen LogP contribution in [0.2, 0.25) is 0 Å². The van der Waals surface area contributed by atoms with Crippen molar-refractivity contribution in [3.8, 4) is 17.0 Å². The molecule has 0 spiro atoms. The van der Waals surface area contributed by atoms with Gasteiger partial charge in [-0.3, -0.25) is 9.69 Å². The van der Waals surface area contributed by atoms with Crippen LogP contribution in [0.4, 0.5) is 4.79 Å². The van der Waals surface area contributed by atoms with Crippen molar-refractivity contribution in [1.82, 2.24) is 20.2 Å². The van der Waals surface area contributed by atoms with Crippen molar-refractivity contribution in [2.45, 2.75) is 18.5 Å². The minimum absolute atomic E-state index is 0.0903. The van der Waals surface area contributed by atoms with Crippen molar-refractivity contribution in [3.05, 3.63) is 106 Å². The maximum atomic E-state index is 13.6. The van der Waals surface area contributed by atoms with Crippen LogP contribution in [0.3, 0.4) is 0 Å². The predicted molar refractivity (Wildman–Crippen MR) is 142 cm³/mol. The van der Waals surface area contributed by atoms with Crippen LogP contribution in [-0.4, -0.2) is 45.1 Å². The molecule has 3 amide bonds. The molecule has 0 saturated carbocycles. The molecule has 0 unspecified atom stereocenters. The van der Waals surface area contributed by atoms with Gasteiger partial charge in [0.1, 0.15) is 30.3 Å². The summed E-state index contributed by atoms with van der Waals surface area (Å²) in [6, 6.07) is 22.5. The summed E-state index contributed by atoms with van der Waals surface area (Å²) in [5, 5.41) is 11.8. The highest BCUT2D eigenvalue weighted by atomic mass is 79.9. The van der Waals surface area contributed by atoms with E-state index in [1.807, 2.05) is 54.6 Å². The van der Waals surface area contributed by atoms with Gasteiger partial charge in [0.25, 0.3) is 5.91 Å². The van der Waals surface area contributed by atoms with Crippen molar-refractivity contribution in [2.24, 2.45) is 0 Å². The van der Waals surface area contributed by atoms with Gasteiger partial charge in [0.2, 0.25) is 0 Å². The molecule has 3 aromatic carbocycles. The Morgan fingerprint density at radius 2 is 1.73 bits per heavy atom. The second-order valence-electron chi connectivity index (χ2n) is 8.63. The molecule has 5 rings (SSSR count). The first-order valence-electron chi connectivity index (χ1n) is 11.9. The Kier molecular flexibility index (Phi) is 7.34. The molecule has 37 heavy (non-hydrogen) atoms. The van der Waals surface area contributed by atoms with Crippen LogP contribution in [0.15, 0.2) is 89.5 Å². The number of rotatable bonds is 9. The molecule has 9 heteroatoms. The third-order valence-electron chi connectivity index (χ3n) is 6.19. The standard InChI is InChI=1S/C28H25BrN4O4/c29-21-10-6-19(7-11-21)23-17-30-26(31-23)24(16-18-4-2-1-3-5-18)33-27(35)25(32-28(33)36)20-8-12-22(13-9-20)37-15-14-34/h1-13,17,24-25,34H,14-16H2,(H,30,31)(H,32,36)/t24-,25+/m1/s1. The Morgan fingerprint density at radius 1 is 1.00 bits per heavy atom. The lowest BCUT2D eigenvalue weighted by molar-refractivity contribution is -0.129. The van der Waals surface area contributed by atoms with Gasteiger partial charge in [0, 0.05) is 10.9 Å². The maximum Gasteiger partial charge on any atom is 0.325 e. The van der Waals surface area contributed by atoms with Crippen LogP contribution in [0, 0.1) is 0 Å². The summed E-state index contributed by atoms with van der Waals surface area (Å²) in [7, 11) is 0. The summed E-state index contributed by atoms with van der Waals surface area (Å²) >= 11 is 3.45. The van der Waals surface area contributed by atoms with Gasteiger partial charge in [-0.15, -0.1) is 0 Å².